The molecule has 2 aromatic heterocycles. The molecule has 1 aliphatic rings. The number of rotatable bonds is 5. The molecule has 8 heteroatoms. The molecule has 7 nitrogen and oxygen atoms in total. The van der Waals surface area contributed by atoms with Gasteiger partial charge in [0.15, 0.2) is 5.82 Å². The smallest absolute Gasteiger partial charge is 0.232 e. The summed E-state index contributed by atoms with van der Waals surface area (Å²) < 4.78 is 1.23. The van der Waals surface area contributed by atoms with Gasteiger partial charge in [-0.1, -0.05) is 30.3 Å². The standard InChI is InChI=1S/C22H23N7S/c1-14(19-26-21(23)28-22(27-19)24-15-8-3-2-4-9-15)29-13-7-11-17(29)20-25-16-10-5-6-12-18(16)30-20/h2-6,8-10,12,14,17H,7,11,13H2,1H3,(H3,23,24,26,27,28). The molecule has 2 unspecified atom stereocenters. The SMILES string of the molecule is CC(c1nc(N)nc(Nc2ccccc2)n1)N1CCCC1c1nc2ccccc2s1. The van der Waals surface area contributed by atoms with Crippen LogP contribution in [0.25, 0.3) is 10.2 Å². The second kappa shape index (κ2) is 7.97. The van der Waals surface area contributed by atoms with E-state index in [9.17, 15) is 0 Å². The number of benzene rings is 2. The van der Waals surface area contributed by atoms with Crippen molar-refractivity contribution in [2.24, 2.45) is 0 Å². The molecule has 5 rings (SSSR count). The lowest BCUT2D eigenvalue weighted by atomic mass is 10.2. The van der Waals surface area contributed by atoms with Crippen LogP contribution in [0.5, 0.6) is 0 Å². The summed E-state index contributed by atoms with van der Waals surface area (Å²) in [7, 11) is 0. The topological polar surface area (TPSA) is 92.8 Å². The van der Waals surface area contributed by atoms with Crippen molar-refractivity contribution in [3.63, 3.8) is 0 Å². The van der Waals surface area contributed by atoms with Gasteiger partial charge in [0, 0.05) is 5.69 Å². The van der Waals surface area contributed by atoms with Crippen LogP contribution in [-0.2, 0) is 0 Å². The van der Waals surface area contributed by atoms with Gasteiger partial charge < -0.3 is 11.1 Å². The Balaban J connectivity index is 1.42. The minimum Gasteiger partial charge on any atom is -0.368 e. The van der Waals surface area contributed by atoms with Crippen LogP contribution in [0.3, 0.4) is 0 Å². The number of hydrogen-bond donors (Lipinski definition) is 2. The molecule has 0 aliphatic carbocycles. The van der Waals surface area contributed by atoms with Gasteiger partial charge in [-0.05, 0) is 50.6 Å². The van der Waals surface area contributed by atoms with Crippen LogP contribution in [-0.4, -0.2) is 31.4 Å². The Morgan fingerprint density at radius 2 is 1.83 bits per heavy atom. The lowest BCUT2D eigenvalue weighted by Crippen LogP contribution is -2.28. The molecule has 2 aromatic carbocycles. The molecule has 0 bridgehead atoms. The van der Waals surface area contributed by atoms with Crippen LogP contribution in [0.2, 0.25) is 0 Å². The molecule has 0 radical (unpaired) electrons. The number of para-hydroxylation sites is 2. The first kappa shape index (κ1) is 18.9. The molecule has 2 atom stereocenters. The van der Waals surface area contributed by atoms with Gasteiger partial charge in [0.25, 0.3) is 0 Å². The van der Waals surface area contributed by atoms with Gasteiger partial charge in [-0.3, -0.25) is 4.90 Å². The van der Waals surface area contributed by atoms with E-state index < -0.39 is 0 Å². The Kier molecular flexibility index (Phi) is 5.02. The third-order valence-electron chi connectivity index (χ3n) is 5.46. The van der Waals surface area contributed by atoms with Gasteiger partial charge in [-0.15, -0.1) is 11.3 Å². The highest BCUT2D eigenvalue weighted by Crippen LogP contribution is 2.40. The first-order valence-corrected chi connectivity index (χ1v) is 10.9. The van der Waals surface area contributed by atoms with Crippen LogP contribution in [0, 0.1) is 0 Å². The summed E-state index contributed by atoms with van der Waals surface area (Å²) in [5.41, 5.74) is 7.99. The third kappa shape index (κ3) is 3.71. The quantitative estimate of drug-likeness (QED) is 0.486. The number of hydrogen-bond acceptors (Lipinski definition) is 8. The number of nitrogens with one attached hydrogen (secondary N) is 1. The molecule has 4 aromatic rings. The van der Waals surface area contributed by atoms with Crippen molar-refractivity contribution in [3.8, 4) is 0 Å². The minimum atomic E-state index is 0.00568. The van der Waals surface area contributed by atoms with E-state index in [1.807, 2.05) is 36.4 Å². The van der Waals surface area contributed by atoms with Gasteiger partial charge in [-0.25, -0.2) is 4.98 Å². The molecule has 0 spiro atoms. The van der Waals surface area contributed by atoms with Crippen molar-refractivity contribution in [3.05, 3.63) is 65.4 Å². The summed E-state index contributed by atoms with van der Waals surface area (Å²) in [5, 5.41) is 4.38. The molecule has 0 saturated carbocycles. The minimum absolute atomic E-state index is 0.00568. The highest BCUT2D eigenvalue weighted by molar-refractivity contribution is 7.18. The summed E-state index contributed by atoms with van der Waals surface area (Å²) in [4.78, 5) is 20.7. The predicted molar refractivity (Wildman–Crippen MR) is 121 cm³/mol. The van der Waals surface area contributed by atoms with Crippen molar-refractivity contribution < 1.29 is 0 Å². The summed E-state index contributed by atoms with van der Waals surface area (Å²) in [6, 6.07) is 18.4. The Morgan fingerprint density at radius 3 is 2.67 bits per heavy atom. The molecular formula is C22H23N7S. The van der Waals surface area contributed by atoms with E-state index in [1.54, 1.807) is 11.3 Å². The molecule has 3 N–H and O–H groups in total. The van der Waals surface area contributed by atoms with Crippen molar-refractivity contribution in [1.29, 1.82) is 0 Å². The largest absolute Gasteiger partial charge is 0.368 e. The third-order valence-corrected chi connectivity index (χ3v) is 6.60. The van der Waals surface area contributed by atoms with Crippen LogP contribution >= 0.6 is 11.3 Å². The fourth-order valence-corrected chi connectivity index (χ4v) is 5.12. The number of nitrogen functional groups attached to an aromatic ring is 1. The lowest BCUT2D eigenvalue weighted by molar-refractivity contribution is 0.187. The van der Waals surface area contributed by atoms with Crippen molar-refractivity contribution >= 4 is 39.1 Å². The number of likely N-dealkylation sites (tertiary alicyclic amines) is 1. The van der Waals surface area contributed by atoms with Crippen LogP contribution in [0.1, 0.15) is 42.7 Å². The summed E-state index contributed by atoms with van der Waals surface area (Å²) in [5.74, 6) is 1.36. The van der Waals surface area contributed by atoms with Gasteiger partial charge in [0.05, 0.1) is 22.3 Å². The van der Waals surface area contributed by atoms with E-state index in [2.05, 4.69) is 50.3 Å². The number of anilines is 3. The fourth-order valence-electron chi connectivity index (χ4n) is 4.00. The zero-order chi connectivity index (χ0) is 20.5. The zero-order valence-electron chi connectivity index (χ0n) is 16.7. The van der Waals surface area contributed by atoms with Gasteiger partial charge >= 0.3 is 0 Å². The summed E-state index contributed by atoms with van der Waals surface area (Å²) >= 11 is 1.78. The van der Waals surface area contributed by atoms with Gasteiger partial charge in [0.1, 0.15) is 5.01 Å². The number of fused-ring (bicyclic) bond motifs is 1. The maximum absolute atomic E-state index is 6.02. The normalized spacial score (nSPS) is 18.0. The summed E-state index contributed by atoms with van der Waals surface area (Å²) in [6.07, 6.45) is 2.21. The Bertz CT molecular complexity index is 1130. The Labute approximate surface area is 179 Å². The lowest BCUT2D eigenvalue weighted by Gasteiger charge is -2.28. The number of aromatic nitrogens is 4. The molecule has 30 heavy (non-hydrogen) atoms. The Hall–Kier alpha value is -3.10. The molecular weight excluding hydrogens is 394 g/mol. The van der Waals surface area contributed by atoms with Crippen molar-refractivity contribution in [2.45, 2.75) is 31.8 Å². The van der Waals surface area contributed by atoms with Crippen LogP contribution in [0.4, 0.5) is 17.6 Å². The molecule has 1 aliphatic heterocycles. The van der Waals surface area contributed by atoms with E-state index in [1.165, 1.54) is 4.70 Å². The second-order valence-corrected chi connectivity index (χ2v) is 8.52. The second-order valence-electron chi connectivity index (χ2n) is 7.46. The first-order chi connectivity index (χ1) is 14.7. The molecule has 1 saturated heterocycles. The van der Waals surface area contributed by atoms with Crippen LogP contribution < -0.4 is 11.1 Å². The molecule has 0 amide bonds. The van der Waals surface area contributed by atoms with Crippen LogP contribution in [0.15, 0.2) is 54.6 Å². The van der Waals surface area contributed by atoms with E-state index in [-0.39, 0.29) is 18.0 Å². The highest BCUT2D eigenvalue weighted by atomic mass is 32.1. The predicted octanol–water partition coefficient (Wildman–Crippen LogP) is 4.71. The molecule has 3 heterocycles. The van der Waals surface area contributed by atoms with Gasteiger partial charge in [-0.2, -0.15) is 15.0 Å². The van der Waals surface area contributed by atoms with E-state index in [0.717, 1.165) is 35.6 Å². The average molecular weight is 418 g/mol. The number of nitrogens with zero attached hydrogens (tertiary/aromatic N) is 5. The molecule has 152 valence electrons. The van der Waals surface area contributed by atoms with E-state index >= 15 is 0 Å². The maximum atomic E-state index is 6.02. The van der Waals surface area contributed by atoms with Gasteiger partial charge in [0.2, 0.25) is 11.9 Å². The average Bonchev–Trinajstić information content (AvgIpc) is 3.40. The first-order valence-electron chi connectivity index (χ1n) is 10.1. The van der Waals surface area contributed by atoms with Crippen molar-refractivity contribution in [1.82, 2.24) is 24.8 Å². The monoisotopic (exact) mass is 417 g/mol. The van der Waals surface area contributed by atoms with E-state index in [4.69, 9.17) is 10.7 Å². The van der Waals surface area contributed by atoms with E-state index in [0.29, 0.717) is 11.8 Å². The fraction of sp³-hybridized carbons (Fsp3) is 0.273. The Morgan fingerprint density at radius 1 is 1.03 bits per heavy atom. The summed E-state index contributed by atoms with van der Waals surface area (Å²) in [6.45, 7) is 3.11. The zero-order valence-corrected chi connectivity index (χ0v) is 17.5. The molecule has 1 fully saturated rings. The van der Waals surface area contributed by atoms with Crippen molar-refractivity contribution in [2.75, 3.05) is 17.6 Å². The number of nitrogens with two attached hydrogens (primary N) is 1. The highest BCUT2D eigenvalue weighted by Gasteiger charge is 2.34. The number of thiazole rings is 1. The maximum Gasteiger partial charge on any atom is 0.232 e.